The zero-order valence-corrected chi connectivity index (χ0v) is 24.2. The molecule has 0 radical (unpaired) electrons. The molecule has 226 valence electrons. The Labute approximate surface area is 242 Å². The van der Waals surface area contributed by atoms with E-state index in [1.807, 2.05) is 21.0 Å². The summed E-state index contributed by atoms with van der Waals surface area (Å²) in [4.78, 5) is 55.2. The van der Waals surface area contributed by atoms with Crippen molar-refractivity contribution in [3.8, 4) is 5.75 Å². The molecule has 1 spiro atoms. The highest BCUT2D eigenvalue weighted by Crippen LogP contribution is 2.52. The second kappa shape index (κ2) is 10.5. The van der Waals surface area contributed by atoms with Crippen molar-refractivity contribution in [3.63, 3.8) is 0 Å². The number of aromatic hydroxyl groups is 1. The summed E-state index contributed by atoms with van der Waals surface area (Å²) in [5.74, 6) is -4.99. The molecule has 0 unspecified atom stereocenters. The molecule has 1 N–H and O–H groups in total. The van der Waals surface area contributed by atoms with Crippen LogP contribution in [0.5, 0.6) is 5.75 Å². The number of Topliss-reactive ketones (excluding diaryl/α,β-unsaturated/α-hetero) is 2. The lowest BCUT2D eigenvalue weighted by Gasteiger charge is -2.54. The SMILES string of the molecule is CC(=O)O[C@H]1C[C@H](C)O[C@@]2(O[C@H]3CC(=O)O[C@H]3C3=C2C(=O)c2c(O)cccc2C3=O)[C@H]1O[C@@H]1CC[C@H](N(C)C)[C@@H](C)O1. The summed E-state index contributed by atoms with van der Waals surface area (Å²) in [6, 6.07) is 4.35. The highest BCUT2D eigenvalue weighted by atomic mass is 16.8. The monoisotopic (exact) mass is 585 g/mol. The van der Waals surface area contributed by atoms with E-state index >= 15 is 0 Å². The van der Waals surface area contributed by atoms with Gasteiger partial charge in [0.2, 0.25) is 5.79 Å². The molecule has 1 aliphatic carbocycles. The van der Waals surface area contributed by atoms with Crippen LogP contribution in [0.3, 0.4) is 0 Å². The summed E-state index contributed by atoms with van der Waals surface area (Å²) < 4.78 is 37.0. The molecule has 0 aromatic heterocycles. The van der Waals surface area contributed by atoms with Gasteiger partial charge in [-0.2, -0.15) is 0 Å². The van der Waals surface area contributed by atoms with E-state index in [0.717, 1.165) is 6.42 Å². The van der Waals surface area contributed by atoms with E-state index in [9.17, 15) is 24.3 Å². The van der Waals surface area contributed by atoms with Crippen LogP contribution >= 0.6 is 0 Å². The highest BCUT2D eigenvalue weighted by Gasteiger charge is 2.66. The van der Waals surface area contributed by atoms with E-state index in [4.69, 9.17) is 28.4 Å². The van der Waals surface area contributed by atoms with Crippen molar-refractivity contribution in [1.82, 2.24) is 4.90 Å². The van der Waals surface area contributed by atoms with Crippen LogP contribution < -0.4 is 0 Å². The predicted octanol–water partition coefficient (Wildman–Crippen LogP) is 2.06. The lowest BCUT2D eigenvalue weighted by atomic mass is 9.72. The maximum absolute atomic E-state index is 14.3. The Hall–Kier alpha value is -3.16. The number of likely N-dealkylation sites (N-methyl/N-ethyl adjacent to an activating group) is 1. The molecule has 4 heterocycles. The Morgan fingerprint density at radius 1 is 1.10 bits per heavy atom. The third-order valence-corrected chi connectivity index (χ3v) is 8.72. The molecule has 3 fully saturated rings. The largest absolute Gasteiger partial charge is 0.507 e. The van der Waals surface area contributed by atoms with Crippen LogP contribution in [0.4, 0.5) is 0 Å². The molecule has 3 saturated heterocycles. The Morgan fingerprint density at radius 3 is 2.55 bits per heavy atom. The van der Waals surface area contributed by atoms with Crippen molar-refractivity contribution in [3.05, 3.63) is 40.5 Å². The van der Waals surface area contributed by atoms with Gasteiger partial charge in [0, 0.05) is 24.9 Å². The molecule has 42 heavy (non-hydrogen) atoms. The number of hydrogen-bond donors (Lipinski definition) is 1. The first kappa shape index (κ1) is 28.9. The van der Waals surface area contributed by atoms with Crippen LogP contribution in [0.1, 0.15) is 67.2 Å². The first-order valence-electron chi connectivity index (χ1n) is 14.3. The lowest BCUT2D eigenvalue weighted by Crippen LogP contribution is -2.68. The fraction of sp³-hybridized carbons (Fsp3) is 0.600. The third kappa shape index (κ3) is 4.56. The van der Waals surface area contributed by atoms with Gasteiger partial charge < -0.3 is 38.4 Å². The first-order chi connectivity index (χ1) is 19.9. The van der Waals surface area contributed by atoms with Gasteiger partial charge >= 0.3 is 11.9 Å². The van der Waals surface area contributed by atoms with Gasteiger partial charge in [0.1, 0.15) is 18.0 Å². The summed E-state index contributed by atoms with van der Waals surface area (Å²) >= 11 is 0. The molecule has 5 aliphatic rings. The van der Waals surface area contributed by atoms with Crippen LogP contribution in [0.25, 0.3) is 0 Å². The number of rotatable bonds is 4. The van der Waals surface area contributed by atoms with E-state index in [2.05, 4.69) is 4.90 Å². The molecule has 0 saturated carbocycles. The topological polar surface area (TPSA) is 147 Å². The molecule has 6 rings (SSSR count). The number of benzene rings is 1. The molecule has 12 heteroatoms. The van der Waals surface area contributed by atoms with Crippen LogP contribution in [0.2, 0.25) is 0 Å². The van der Waals surface area contributed by atoms with E-state index in [1.54, 1.807) is 6.92 Å². The maximum Gasteiger partial charge on any atom is 0.309 e. The molecule has 0 amide bonds. The van der Waals surface area contributed by atoms with Gasteiger partial charge in [0.05, 0.1) is 35.3 Å². The lowest BCUT2D eigenvalue weighted by molar-refractivity contribution is -0.369. The number of ketones is 2. The second-order valence-corrected chi connectivity index (χ2v) is 11.8. The quantitative estimate of drug-likeness (QED) is 0.516. The van der Waals surface area contributed by atoms with E-state index in [-0.39, 0.29) is 47.3 Å². The normalized spacial score (nSPS) is 37.8. The van der Waals surface area contributed by atoms with Crippen molar-refractivity contribution >= 4 is 23.5 Å². The number of phenols is 1. The summed E-state index contributed by atoms with van der Waals surface area (Å²) in [6.07, 6.45) is -4.76. The average Bonchev–Trinajstić information content (AvgIpc) is 3.27. The second-order valence-electron chi connectivity index (χ2n) is 11.8. The zero-order valence-electron chi connectivity index (χ0n) is 24.2. The summed E-state index contributed by atoms with van der Waals surface area (Å²) in [7, 11) is 3.94. The van der Waals surface area contributed by atoms with Gasteiger partial charge in [-0.05, 0) is 46.9 Å². The fourth-order valence-corrected chi connectivity index (χ4v) is 7.05. The summed E-state index contributed by atoms with van der Waals surface area (Å²) in [6.45, 7) is 4.92. The van der Waals surface area contributed by atoms with Crippen molar-refractivity contribution in [2.75, 3.05) is 14.1 Å². The van der Waals surface area contributed by atoms with Crippen LogP contribution in [-0.2, 0) is 38.0 Å². The Bertz CT molecular complexity index is 1370. The van der Waals surface area contributed by atoms with Gasteiger partial charge in [0.25, 0.3) is 0 Å². The molecular weight excluding hydrogens is 550 g/mol. The van der Waals surface area contributed by atoms with E-state index in [1.165, 1.54) is 25.1 Å². The average molecular weight is 586 g/mol. The third-order valence-electron chi connectivity index (χ3n) is 8.72. The minimum atomic E-state index is -2.08. The molecule has 4 aliphatic heterocycles. The number of carbonyl (C=O) groups is 4. The van der Waals surface area contributed by atoms with E-state index < -0.39 is 71.9 Å². The number of carbonyl (C=O) groups excluding carboxylic acids is 4. The van der Waals surface area contributed by atoms with Crippen molar-refractivity contribution in [2.45, 2.75) is 101 Å². The van der Waals surface area contributed by atoms with Gasteiger partial charge in [-0.3, -0.25) is 19.2 Å². The Morgan fingerprint density at radius 2 is 1.86 bits per heavy atom. The molecular formula is C30H35NO11. The van der Waals surface area contributed by atoms with Crippen molar-refractivity contribution in [1.29, 1.82) is 0 Å². The van der Waals surface area contributed by atoms with E-state index in [0.29, 0.717) is 6.42 Å². The van der Waals surface area contributed by atoms with Gasteiger partial charge in [-0.1, -0.05) is 12.1 Å². The fourth-order valence-electron chi connectivity index (χ4n) is 7.05. The molecule has 1 aromatic rings. The Balaban J connectivity index is 1.50. The highest BCUT2D eigenvalue weighted by molar-refractivity contribution is 6.29. The van der Waals surface area contributed by atoms with Gasteiger partial charge in [-0.25, -0.2) is 0 Å². The minimum Gasteiger partial charge on any atom is -0.507 e. The van der Waals surface area contributed by atoms with Crippen LogP contribution in [0, 0.1) is 0 Å². The van der Waals surface area contributed by atoms with Crippen molar-refractivity contribution in [2.24, 2.45) is 0 Å². The number of ether oxygens (including phenoxy) is 6. The standard InChI is InChI=1S/C30H35NO11/c1-13-11-20(38-15(3)32)29(40-22-10-9-17(31(4)5)14(2)37-22)30(41-13)25-24(28-19(42-30)12-21(34)39-28)26(35)16-7-6-8-18(33)23(16)27(25)36/h6-8,13-14,17,19-20,22,28-29,33H,9-12H2,1-5H3/t13-,14+,17-,19-,20-,22+,28+,29-,30-/m0/s1. The summed E-state index contributed by atoms with van der Waals surface area (Å²) in [5, 5.41) is 10.7. The minimum absolute atomic E-state index is 0.0190. The maximum atomic E-state index is 14.3. The van der Waals surface area contributed by atoms with Gasteiger partial charge in [-0.15, -0.1) is 0 Å². The zero-order chi connectivity index (χ0) is 30.1. The molecule has 0 bridgehead atoms. The number of hydrogen-bond acceptors (Lipinski definition) is 12. The number of nitrogens with zero attached hydrogens (tertiary/aromatic N) is 1. The summed E-state index contributed by atoms with van der Waals surface area (Å²) in [5.41, 5.74) is -0.557. The smallest absolute Gasteiger partial charge is 0.309 e. The van der Waals surface area contributed by atoms with Gasteiger partial charge in [0.15, 0.2) is 30.1 Å². The number of phenolic OH excluding ortho intramolecular Hbond substituents is 1. The van der Waals surface area contributed by atoms with Crippen LogP contribution in [0.15, 0.2) is 29.3 Å². The number of fused-ring (bicyclic) bond motifs is 4. The number of esters is 2. The van der Waals surface area contributed by atoms with Crippen LogP contribution in [-0.4, -0.2) is 102 Å². The Kier molecular flexibility index (Phi) is 7.25. The predicted molar refractivity (Wildman–Crippen MR) is 143 cm³/mol. The molecule has 12 nitrogen and oxygen atoms in total. The first-order valence-corrected chi connectivity index (χ1v) is 14.3. The molecule has 9 atom stereocenters. The molecule has 1 aromatic carbocycles. The van der Waals surface area contributed by atoms with Crippen molar-refractivity contribution < 1.29 is 52.7 Å².